The Balaban J connectivity index is 3.12. The summed E-state index contributed by atoms with van der Waals surface area (Å²) < 4.78 is 20.9. The summed E-state index contributed by atoms with van der Waals surface area (Å²) in [5, 5.41) is 19.5. The molecule has 26 heavy (non-hydrogen) atoms. The first kappa shape index (κ1) is 24.2. The van der Waals surface area contributed by atoms with E-state index < -0.39 is 11.9 Å². The number of hydrogen-bond acceptors (Lipinski definition) is 7. The van der Waals surface area contributed by atoms with E-state index in [0.717, 1.165) is 0 Å². The number of amides is 1. The Kier molecular flexibility index (Phi) is 16.8. The van der Waals surface area contributed by atoms with Gasteiger partial charge in [-0.2, -0.15) is 0 Å². The molecular weight excluding hydrogens is 350 g/mol. The van der Waals surface area contributed by atoms with Crippen molar-refractivity contribution in [2.75, 3.05) is 59.4 Å². The van der Waals surface area contributed by atoms with Gasteiger partial charge in [0.25, 0.3) is 0 Å². The first-order valence-corrected chi connectivity index (χ1v) is 8.53. The number of rotatable bonds is 19. The van der Waals surface area contributed by atoms with Gasteiger partial charge in [-0.15, -0.1) is 0 Å². The molecule has 152 valence electrons. The van der Waals surface area contributed by atoms with E-state index in [1.165, 1.54) is 0 Å². The lowest BCUT2D eigenvalue weighted by Gasteiger charge is -2.07. The fourth-order valence-corrected chi connectivity index (χ4v) is 1.63. The molecule has 0 aliphatic heterocycles. The summed E-state index contributed by atoms with van der Waals surface area (Å²) in [5.74, 6) is -2.15. The molecule has 0 spiro atoms. The van der Waals surface area contributed by atoms with Crippen molar-refractivity contribution in [1.82, 2.24) is 5.32 Å². The van der Waals surface area contributed by atoms with Gasteiger partial charge in [-0.3, -0.25) is 14.4 Å². The van der Waals surface area contributed by atoms with Crippen LogP contribution < -0.4 is 5.32 Å². The molecule has 0 fully saturated rings. The Bertz CT molecular complexity index is 390. The van der Waals surface area contributed by atoms with Crippen LogP contribution in [0.2, 0.25) is 0 Å². The zero-order valence-corrected chi connectivity index (χ0v) is 14.9. The van der Waals surface area contributed by atoms with Crippen molar-refractivity contribution in [3.05, 3.63) is 0 Å². The molecule has 3 N–H and O–H groups in total. The van der Waals surface area contributed by atoms with Crippen molar-refractivity contribution in [3.63, 3.8) is 0 Å². The van der Waals surface area contributed by atoms with E-state index in [9.17, 15) is 14.4 Å². The standard InChI is InChI=1S/C16H29NO9/c18-14(2-3-15(19)20)17-5-1-6-23-8-10-25-12-13-26-11-9-24-7-4-16(21)22/h1-13H2,(H,17,18)(H,19,20)(H,21,22). The van der Waals surface area contributed by atoms with Crippen LogP contribution in [0.15, 0.2) is 0 Å². The number of carboxylic acid groups (broad SMARTS) is 2. The molecule has 0 aliphatic rings. The second kappa shape index (κ2) is 18.1. The van der Waals surface area contributed by atoms with Crippen LogP contribution in [0.5, 0.6) is 0 Å². The molecule has 10 nitrogen and oxygen atoms in total. The monoisotopic (exact) mass is 379 g/mol. The zero-order chi connectivity index (χ0) is 19.5. The van der Waals surface area contributed by atoms with Crippen LogP contribution in [-0.2, 0) is 33.3 Å². The van der Waals surface area contributed by atoms with Gasteiger partial charge in [0.05, 0.1) is 59.1 Å². The Morgan fingerprint density at radius 3 is 1.58 bits per heavy atom. The minimum Gasteiger partial charge on any atom is -0.481 e. The van der Waals surface area contributed by atoms with Gasteiger partial charge in [-0.25, -0.2) is 0 Å². The molecule has 0 heterocycles. The number of aliphatic carboxylic acids is 2. The number of ether oxygens (including phenoxy) is 4. The quantitative estimate of drug-likeness (QED) is 0.262. The van der Waals surface area contributed by atoms with E-state index in [1.807, 2.05) is 0 Å². The maximum atomic E-state index is 11.2. The predicted molar refractivity (Wildman–Crippen MR) is 90.0 cm³/mol. The molecular formula is C16H29NO9. The van der Waals surface area contributed by atoms with Crippen molar-refractivity contribution in [2.45, 2.75) is 25.7 Å². The van der Waals surface area contributed by atoms with E-state index in [-0.39, 0.29) is 31.8 Å². The molecule has 0 aromatic carbocycles. The van der Waals surface area contributed by atoms with E-state index in [2.05, 4.69) is 5.32 Å². The molecule has 0 aromatic rings. The Labute approximate surface area is 152 Å². The van der Waals surface area contributed by atoms with Crippen molar-refractivity contribution < 1.29 is 43.5 Å². The Morgan fingerprint density at radius 1 is 0.615 bits per heavy atom. The van der Waals surface area contributed by atoms with Gasteiger partial charge in [0.2, 0.25) is 5.91 Å². The Morgan fingerprint density at radius 2 is 1.08 bits per heavy atom. The summed E-state index contributed by atoms with van der Waals surface area (Å²) >= 11 is 0. The van der Waals surface area contributed by atoms with Gasteiger partial charge in [0, 0.05) is 19.6 Å². The van der Waals surface area contributed by atoms with Crippen molar-refractivity contribution in [1.29, 1.82) is 0 Å². The molecule has 1 amide bonds. The lowest BCUT2D eigenvalue weighted by molar-refractivity contribution is -0.139. The Hall–Kier alpha value is -1.75. The number of carbonyl (C=O) groups excluding carboxylic acids is 1. The topological polar surface area (TPSA) is 141 Å². The molecule has 0 aromatic heterocycles. The lowest BCUT2D eigenvalue weighted by Crippen LogP contribution is -2.25. The molecule has 0 saturated heterocycles. The highest BCUT2D eigenvalue weighted by Gasteiger charge is 2.04. The third kappa shape index (κ3) is 20.3. The normalized spacial score (nSPS) is 10.6. The minimum absolute atomic E-state index is 0.0133. The van der Waals surface area contributed by atoms with Crippen molar-refractivity contribution in [3.8, 4) is 0 Å². The molecule has 10 heteroatoms. The molecule has 0 atom stereocenters. The van der Waals surface area contributed by atoms with Crippen molar-refractivity contribution in [2.24, 2.45) is 0 Å². The van der Waals surface area contributed by atoms with Gasteiger partial charge in [0.15, 0.2) is 0 Å². The van der Waals surface area contributed by atoms with E-state index in [4.69, 9.17) is 29.2 Å². The average molecular weight is 379 g/mol. The molecule has 0 aliphatic carbocycles. The smallest absolute Gasteiger partial charge is 0.305 e. The van der Waals surface area contributed by atoms with Gasteiger partial charge in [-0.1, -0.05) is 0 Å². The maximum absolute atomic E-state index is 11.2. The third-order valence-electron chi connectivity index (χ3n) is 2.93. The highest BCUT2D eigenvalue weighted by Crippen LogP contribution is 1.89. The van der Waals surface area contributed by atoms with Gasteiger partial charge >= 0.3 is 11.9 Å². The molecule has 0 unspecified atom stereocenters. The lowest BCUT2D eigenvalue weighted by atomic mass is 10.3. The second-order valence-corrected chi connectivity index (χ2v) is 5.19. The summed E-state index contributed by atoms with van der Waals surface area (Å²) in [7, 11) is 0. The van der Waals surface area contributed by atoms with Crippen LogP contribution in [0.4, 0.5) is 0 Å². The van der Waals surface area contributed by atoms with E-state index in [1.54, 1.807) is 0 Å². The summed E-state index contributed by atoms with van der Waals surface area (Å²) in [6.45, 7) is 3.56. The van der Waals surface area contributed by atoms with Gasteiger partial charge in [-0.05, 0) is 6.42 Å². The predicted octanol–water partition coefficient (Wildman–Crippen LogP) is -0.101. The summed E-state index contributed by atoms with van der Waals surface area (Å²) in [5.41, 5.74) is 0. The fourth-order valence-electron chi connectivity index (χ4n) is 1.63. The second-order valence-electron chi connectivity index (χ2n) is 5.19. The maximum Gasteiger partial charge on any atom is 0.305 e. The van der Waals surface area contributed by atoms with Crippen LogP contribution >= 0.6 is 0 Å². The van der Waals surface area contributed by atoms with Crippen LogP contribution in [0, 0.1) is 0 Å². The molecule has 0 radical (unpaired) electrons. The highest BCUT2D eigenvalue weighted by atomic mass is 16.6. The molecule has 0 saturated carbocycles. The first-order chi connectivity index (χ1) is 12.5. The van der Waals surface area contributed by atoms with Crippen LogP contribution in [0.25, 0.3) is 0 Å². The first-order valence-electron chi connectivity index (χ1n) is 8.53. The number of hydrogen-bond donors (Lipinski definition) is 3. The van der Waals surface area contributed by atoms with Crippen molar-refractivity contribution >= 4 is 17.8 Å². The summed E-state index contributed by atoms with van der Waals surface area (Å²) in [4.78, 5) is 31.8. The minimum atomic E-state index is -0.988. The zero-order valence-electron chi connectivity index (χ0n) is 14.9. The SMILES string of the molecule is O=C(O)CCOCCOCCOCCOCCCNC(=O)CCC(=O)O. The highest BCUT2D eigenvalue weighted by molar-refractivity contribution is 5.80. The molecule has 0 bridgehead atoms. The largest absolute Gasteiger partial charge is 0.481 e. The van der Waals surface area contributed by atoms with Gasteiger partial charge < -0.3 is 34.5 Å². The summed E-state index contributed by atoms with van der Waals surface area (Å²) in [6, 6.07) is 0. The summed E-state index contributed by atoms with van der Waals surface area (Å²) in [6.07, 6.45) is 0.450. The van der Waals surface area contributed by atoms with Crippen LogP contribution in [0.1, 0.15) is 25.7 Å². The third-order valence-corrected chi connectivity index (χ3v) is 2.93. The number of nitrogens with one attached hydrogen (secondary N) is 1. The molecule has 0 rings (SSSR count). The van der Waals surface area contributed by atoms with E-state index >= 15 is 0 Å². The fraction of sp³-hybridized carbons (Fsp3) is 0.812. The van der Waals surface area contributed by atoms with Gasteiger partial charge in [0.1, 0.15) is 0 Å². The number of carboxylic acids is 2. The van der Waals surface area contributed by atoms with E-state index in [0.29, 0.717) is 59.2 Å². The van der Waals surface area contributed by atoms with Crippen LogP contribution in [-0.4, -0.2) is 87.5 Å². The number of carbonyl (C=O) groups is 3. The average Bonchev–Trinajstić information content (AvgIpc) is 2.59. The van der Waals surface area contributed by atoms with Crippen LogP contribution in [0.3, 0.4) is 0 Å².